The Bertz CT molecular complexity index is 819. The summed E-state index contributed by atoms with van der Waals surface area (Å²) < 4.78 is 5.50. The number of imide groups is 1. The molecule has 2 aliphatic carbocycles. The zero-order chi connectivity index (χ0) is 18.7. The average Bonchev–Trinajstić information content (AvgIpc) is 3.27. The van der Waals surface area contributed by atoms with Gasteiger partial charge in [0.2, 0.25) is 5.60 Å². The summed E-state index contributed by atoms with van der Waals surface area (Å²) in [6.45, 7) is -0.530. The molecule has 138 valence electrons. The molecular weight excluding hydrogens is 342 g/mol. The molecule has 0 radical (unpaired) electrons. The summed E-state index contributed by atoms with van der Waals surface area (Å²) in [5.41, 5.74) is 0.401. The van der Waals surface area contributed by atoms with Gasteiger partial charge in [-0.3, -0.25) is 4.79 Å². The number of amides is 4. The van der Waals surface area contributed by atoms with Gasteiger partial charge in [0, 0.05) is 30.1 Å². The van der Waals surface area contributed by atoms with E-state index in [-0.39, 0.29) is 11.4 Å². The number of urea groups is 1. The first-order chi connectivity index (χ1) is 12.3. The number of anilines is 1. The summed E-state index contributed by atoms with van der Waals surface area (Å²) >= 11 is 0. The van der Waals surface area contributed by atoms with Crippen LogP contribution in [0.4, 0.5) is 15.3 Å². The SMILES string of the molecule is CNC(=O)Nc1ccc2c(c1)C1(CC1)CC21OC(=O)N(CC(O)O)C1=O. The highest BCUT2D eigenvalue weighted by molar-refractivity contribution is 6.04. The maximum Gasteiger partial charge on any atom is 0.418 e. The molecule has 3 aliphatic rings. The number of aliphatic hydroxyl groups excluding tert-OH is 1. The molecule has 1 aromatic carbocycles. The highest BCUT2D eigenvalue weighted by Crippen LogP contribution is 2.64. The second-order valence-corrected chi connectivity index (χ2v) is 7.01. The highest BCUT2D eigenvalue weighted by Gasteiger charge is 2.67. The standard InChI is InChI=1S/C17H19N3O6/c1-18-14(24)19-9-2-3-10-11(6-9)16(4-5-16)8-17(10)13(23)20(7-12(21)22)15(25)26-17/h2-3,6,12,21-22H,4-5,7-8H2,1H3,(H2,18,19,24). The largest absolute Gasteiger partial charge is 0.427 e. The van der Waals surface area contributed by atoms with Crippen molar-refractivity contribution < 1.29 is 29.3 Å². The van der Waals surface area contributed by atoms with Gasteiger partial charge in [-0.25, -0.2) is 14.5 Å². The molecule has 4 rings (SSSR count). The van der Waals surface area contributed by atoms with Gasteiger partial charge in [-0.2, -0.15) is 0 Å². The van der Waals surface area contributed by atoms with Crippen molar-refractivity contribution in [3.05, 3.63) is 29.3 Å². The van der Waals surface area contributed by atoms with Gasteiger partial charge in [-0.1, -0.05) is 6.07 Å². The number of β-amino-alcohol motifs (C(OH)–C–C–N with tert-alkyl or cyclic N) is 2. The third kappa shape index (κ3) is 2.27. The summed E-state index contributed by atoms with van der Waals surface area (Å²) in [6, 6.07) is 4.81. The molecule has 9 heteroatoms. The molecule has 1 heterocycles. The molecule has 1 aliphatic heterocycles. The first kappa shape index (κ1) is 16.8. The first-order valence-electron chi connectivity index (χ1n) is 8.36. The molecule has 4 N–H and O–H groups in total. The number of hydrogen-bond donors (Lipinski definition) is 4. The summed E-state index contributed by atoms with van der Waals surface area (Å²) in [4.78, 5) is 37.4. The van der Waals surface area contributed by atoms with Crippen molar-refractivity contribution in [1.29, 1.82) is 0 Å². The number of hydrogen-bond acceptors (Lipinski definition) is 6. The smallest absolute Gasteiger partial charge is 0.418 e. The number of aliphatic hydroxyl groups is 2. The average molecular weight is 361 g/mol. The van der Waals surface area contributed by atoms with Crippen LogP contribution in [0.15, 0.2) is 18.2 Å². The Hall–Kier alpha value is -2.65. The summed E-state index contributed by atoms with van der Waals surface area (Å²) in [5, 5.41) is 23.5. The monoisotopic (exact) mass is 361 g/mol. The molecule has 0 bridgehead atoms. The van der Waals surface area contributed by atoms with Gasteiger partial charge in [0.1, 0.15) is 0 Å². The lowest BCUT2D eigenvalue weighted by Crippen LogP contribution is -2.41. The highest BCUT2D eigenvalue weighted by atomic mass is 16.6. The molecule has 26 heavy (non-hydrogen) atoms. The minimum Gasteiger partial charge on any atom is -0.427 e. The number of nitrogens with zero attached hydrogens (tertiary/aromatic N) is 1. The van der Waals surface area contributed by atoms with Crippen molar-refractivity contribution in [3.63, 3.8) is 0 Å². The van der Waals surface area contributed by atoms with E-state index in [1.165, 1.54) is 7.05 Å². The van der Waals surface area contributed by atoms with E-state index >= 15 is 0 Å². The van der Waals surface area contributed by atoms with Gasteiger partial charge in [-0.05, 0) is 30.5 Å². The molecule has 1 saturated heterocycles. The van der Waals surface area contributed by atoms with Crippen LogP contribution in [0.25, 0.3) is 0 Å². The Balaban J connectivity index is 1.73. The number of ether oxygens (including phenoxy) is 1. The summed E-state index contributed by atoms with van der Waals surface area (Å²) in [7, 11) is 1.51. The van der Waals surface area contributed by atoms with Gasteiger partial charge in [0.25, 0.3) is 5.91 Å². The Labute approximate surface area is 148 Å². The predicted octanol–water partition coefficient (Wildman–Crippen LogP) is 0.358. The Morgan fingerprint density at radius 2 is 2.04 bits per heavy atom. The van der Waals surface area contributed by atoms with Crippen LogP contribution in [-0.4, -0.2) is 53.0 Å². The van der Waals surface area contributed by atoms with Crippen LogP contribution in [-0.2, 0) is 20.5 Å². The van der Waals surface area contributed by atoms with E-state index < -0.39 is 30.4 Å². The second-order valence-electron chi connectivity index (χ2n) is 7.01. The number of rotatable bonds is 3. The number of nitrogens with one attached hydrogen (secondary N) is 2. The van der Waals surface area contributed by atoms with E-state index in [0.29, 0.717) is 17.7 Å². The quantitative estimate of drug-likeness (QED) is 0.576. The molecule has 1 aromatic rings. The third-order valence-electron chi connectivity index (χ3n) is 5.37. The van der Waals surface area contributed by atoms with Crippen LogP contribution >= 0.6 is 0 Å². The molecule has 0 aromatic heterocycles. The zero-order valence-electron chi connectivity index (χ0n) is 14.1. The van der Waals surface area contributed by atoms with Gasteiger partial charge in [0.05, 0.1) is 6.54 Å². The van der Waals surface area contributed by atoms with Crippen molar-refractivity contribution in [2.75, 3.05) is 18.9 Å². The van der Waals surface area contributed by atoms with Gasteiger partial charge in [0.15, 0.2) is 6.29 Å². The molecule has 2 fully saturated rings. The zero-order valence-corrected chi connectivity index (χ0v) is 14.1. The topological polar surface area (TPSA) is 128 Å². The Morgan fingerprint density at radius 1 is 1.31 bits per heavy atom. The lowest BCUT2D eigenvalue weighted by atomic mass is 9.94. The van der Waals surface area contributed by atoms with Crippen molar-refractivity contribution in [2.45, 2.75) is 36.6 Å². The van der Waals surface area contributed by atoms with Gasteiger partial charge in [-0.15, -0.1) is 0 Å². The van der Waals surface area contributed by atoms with Crippen LogP contribution in [0.1, 0.15) is 30.4 Å². The van der Waals surface area contributed by atoms with Crippen molar-refractivity contribution >= 4 is 23.7 Å². The number of carbonyl (C=O) groups excluding carboxylic acids is 3. The van der Waals surface area contributed by atoms with E-state index in [4.69, 9.17) is 14.9 Å². The Morgan fingerprint density at radius 3 is 2.65 bits per heavy atom. The summed E-state index contributed by atoms with van der Waals surface area (Å²) in [6.07, 6.45) is -0.644. The number of carbonyl (C=O) groups is 3. The lowest BCUT2D eigenvalue weighted by molar-refractivity contribution is -0.141. The fourth-order valence-corrected chi connectivity index (χ4v) is 4.02. The minimum absolute atomic E-state index is 0.251. The van der Waals surface area contributed by atoms with Crippen LogP contribution in [0, 0.1) is 0 Å². The van der Waals surface area contributed by atoms with Crippen molar-refractivity contribution in [1.82, 2.24) is 10.2 Å². The normalized spacial score (nSPS) is 25.0. The van der Waals surface area contributed by atoms with Crippen LogP contribution < -0.4 is 10.6 Å². The fraction of sp³-hybridized carbons (Fsp3) is 0.471. The third-order valence-corrected chi connectivity index (χ3v) is 5.37. The number of fused-ring (bicyclic) bond motifs is 3. The maximum absolute atomic E-state index is 12.9. The van der Waals surface area contributed by atoms with E-state index in [9.17, 15) is 14.4 Å². The van der Waals surface area contributed by atoms with Crippen molar-refractivity contribution in [3.8, 4) is 0 Å². The van der Waals surface area contributed by atoms with E-state index in [2.05, 4.69) is 10.6 Å². The summed E-state index contributed by atoms with van der Waals surface area (Å²) in [5.74, 6) is -0.576. The molecular formula is C17H19N3O6. The van der Waals surface area contributed by atoms with Gasteiger partial charge >= 0.3 is 12.1 Å². The van der Waals surface area contributed by atoms with E-state index in [1.54, 1.807) is 12.1 Å². The second kappa shape index (κ2) is 5.42. The first-order valence-corrected chi connectivity index (χ1v) is 8.36. The molecule has 4 amide bonds. The van der Waals surface area contributed by atoms with Crippen molar-refractivity contribution in [2.24, 2.45) is 0 Å². The molecule has 9 nitrogen and oxygen atoms in total. The molecule has 2 spiro atoms. The predicted molar refractivity (Wildman–Crippen MR) is 88.1 cm³/mol. The maximum atomic E-state index is 12.9. The molecule has 1 atom stereocenters. The molecule has 1 saturated carbocycles. The fourth-order valence-electron chi connectivity index (χ4n) is 4.02. The minimum atomic E-state index is -1.82. The lowest BCUT2D eigenvalue weighted by Gasteiger charge is -2.21. The van der Waals surface area contributed by atoms with Gasteiger partial charge < -0.3 is 25.6 Å². The van der Waals surface area contributed by atoms with Crippen LogP contribution in [0.3, 0.4) is 0 Å². The van der Waals surface area contributed by atoms with E-state index in [0.717, 1.165) is 23.3 Å². The van der Waals surface area contributed by atoms with Crippen LogP contribution in [0.5, 0.6) is 0 Å². The van der Waals surface area contributed by atoms with Crippen LogP contribution in [0.2, 0.25) is 0 Å². The van der Waals surface area contributed by atoms with E-state index in [1.807, 2.05) is 6.07 Å². The molecule has 1 unspecified atom stereocenters. The number of benzene rings is 1. The Kier molecular flexibility index (Phi) is 3.50.